The predicted octanol–water partition coefficient (Wildman–Crippen LogP) is 1.34. The molecule has 2 N–H and O–H groups in total. The minimum atomic E-state index is 0.533. The van der Waals surface area contributed by atoms with Crippen molar-refractivity contribution in [2.75, 3.05) is 20.3 Å². The Morgan fingerprint density at radius 2 is 2.15 bits per heavy atom. The van der Waals surface area contributed by atoms with Gasteiger partial charge in [-0.15, -0.1) is 0 Å². The van der Waals surface area contributed by atoms with E-state index in [-0.39, 0.29) is 0 Å². The average molecular weight is 181 g/mol. The quantitative estimate of drug-likeness (QED) is 0.762. The Bertz CT molecular complexity index is 274. The summed E-state index contributed by atoms with van der Waals surface area (Å²) >= 11 is 0. The van der Waals surface area contributed by atoms with E-state index in [0.29, 0.717) is 13.2 Å². The van der Waals surface area contributed by atoms with E-state index in [9.17, 15) is 0 Å². The molecule has 0 aliphatic heterocycles. The van der Waals surface area contributed by atoms with Crippen LogP contribution >= 0.6 is 0 Å². The molecule has 0 aliphatic carbocycles. The molecule has 0 saturated carbocycles. The van der Waals surface area contributed by atoms with Crippen LogP contribution in [0.4, 0.5) is 0 Å². The topological polar surface area (TPSA) is 44.5 Å². The highest BCUT2D eigenvalue weighted by Crippen LogP contribution is 2.22. The van der Waals surface area contributed by atoms with Gasteiger partial charge >= 0.3 is 0 Å². The number of aryl methyl sites for hydroxylation is 1. The van der Waals surface area contributed by atoms with E-state index in [1.54, 1.807) is 7.11 Å². The van der Waals surface area contributed by atoms with Crippen molar-refractivity contribution in [2.24, 2.45) is 5.73 Å². The molecule has 0 spiro atoms. The van der Waals surface area contributed by atoms with Gasteiger partial charge in [0.25, 0.3) is 0 Å². The molecule has 1 aromatic rings. The van der Waals surface area contributed by atoms with E-state index in [1.807, 2.05) is 25.1 Å². The van der Waals surface area contributed by atoms with E-state index in [0.717, 1.165) is 17.1 Å². The molecule has 0 unspecified atom stereocenters. The molecule has 72 valence electrons. The molecule has 0 amide bonds. The molecular formula is C10H15NO2. The highest BCUT2D eigenvalue weighted by Gasteiger charge is 1.99. The van der Waals surface area contributed by atoms with Gasteiger partial charge in [0, 0.05) is 6.54 Å². The molecule has 0 aliphatic rings. The lowest BCUT2D eigenvalue weighted by Crippen LogP contribution is -2.10. The number of hydrogen-bond acceptors (Lipinski definition) is 3. The van der Waals surface area contributed by atoms with Gasteiger partial charge < -0.3 is 15.2 Å². The van der Waals surface area contributed by atoms with E-state index < -0.39 is 0 Å². The molecule has 3 nitrogen and oxygen atoms in total. The Labute approximate surface area is 78.5 Å². The van der Waals surface area contributed by atoms with Crippen LogP contribution in [-0.2, 0) is 0 Å². The molecule has 0 atom stereocenters. The summed E-state index contributed by atoms with van der Waals surface area (Å²) < 4.78 is 10.5. The zero-order valence-corrected chi connectivity index (χ0v) is 8.04. The van der Waals surface area contributed by atoms with Crippen LogP contribution in [0.1, 0.15) is 5.56 Å². The summed E-state index contributed by atoms with van der Waals surface area (Å²) in [6, 6.07) is 5.71. The first kappa shape index (κ1) is 9.86. The van der Waals surface area contributed by atoms with Gasteiger partial charge in [0.2, 0.25) is 0 Å². The Hall–Kier alpha value is -1.22. The van der Waals surface area contributed by atoms with Gasteiger partial charge in [-0.2, -0.15) is 0 Å². The van der Waals surface area contributed by atoms with Crippen molar-refractivity contribution in [3.8, 4) is 11.5 Å². The zero-order valence-electron chi connectivity index (χ0n) is 8.04. The van der Waals surface area contributed by atoms with Crippen molar-refractivity contribution in [3.05, 3.63) is 23.8 Å². The van der Waals surface area contributed by atoms with Gasteiger partial charge in [0.1, 0.15) is 18.1 Å². The fourth-order valence-electron chi connectivity index (χ4n) is 1.12. The molecule has 1 aromatic carbocycles. The number of benzene rings is 1. The second-order valence-corrected chi connectivity index (χ2v) is 2.77. The first-order valence-electron chi connectivity index (χ1n) is 4.25. The van der Waals surface area contributed by atoms with Crippen LogP contribution in [0, 0.1) is 6.92 Å². The van der Waals surface area contributed by atoms with Crippen molar-refractivity contribution in [1.82, 2.24) is 0 Å². The third-order valence-corrected chi connectivity index (χ3v) is 1.75. The molecule has 0 bridgehead atoms. The van der Waals surface area contributed by atoms with Gasteiger partial charge in [-0.3, -0.25) is 0 Å². The summed E-state index contributed by atoms with van der Waals surface area (Å²) in [6.45, 7) is 3.06. The van der Waals surface area contributed by atoms with Crippen LogP contribution < -0.4 is 15.2 Å². The third kappa shape index (κ3) is 2.63. The van der Waals surface area contributed by atoms with Crippen molar-refractivity contribution in [3.63, 3.8) is 0 Å². The summed E-state index contributed by atoms with van der Waals surface area (Å²) in [6.07, 6.45) is 0. The number of nitrogens with two attached hydrogens (primary N) is 1. The highest BCUT2D eigenvalue weighted by molar-refractivity contribution is 5.39. The molecule has 0 aromatic heterocycles. The maximum Gasteiger partial charge on any atom is 0.122 e. The van der Waals surface area contributed by atoms with E-state index in [4.69, 9.17) is 15.2 Å². The van der Waals surface area contributed by atoms with Crippen LogP contribution in [0.25, 0.3) is 0 Å². The van der Waals surface area contributed by atoms with Crippen molar-refractivity contribution in [1.29, 1.82) is 0 Å². The summed E-state index contributed by atoms with van der Waals surface area (Å²) in [5, 5.41) is 0. The van der Waals surface area contributed by atoms with E-state index in [2.05, 4.69) is 0 Å². The second kappa shape index (κ2) is 4.72. The molecule has 0 saturated heterocycles. The van der Waals surface area contributed by atoms with E-state index >= 15 is 0 Å². The van der Waals surface area contributed by atoms with Crippen LogP contribution in [0.15, 0.2) is 18.2 Å². The lowest BCUT2D eigenvalue weighted by Gasteiger charge is -2.08. The maximum absolute atomic E-state index is 5.35. The van der Waals surface area contributed by atoms with Crippen LogP contribution in [0.3, 0.4) is 0 Å². The molecule has 1 rings (SSSR count). The largest absolute Gasteiger partial charge is 0.496 e. The minimum absolute atomic E-state index is 0.533. The smallest absolute Gasteiger partial charge is 0.122 e. The summed E-state index contributed by atoms with van der Waals surface area (Å²) in [5.74, 6) is 1.71. The van der Waals surface area contributed by atoms with Gasteiger partial charge in [-0.25, -0.2) is 0 Å². The number of ether oxygens (including phenoxy) is 2. The average Bonchev–Trinajstić information content (AvgIpc) is 2.15. The molecule has 13 heavy (non-hydrogen) atoms. The molecular weight excluding hydrogens is 166 g/mol. The van der Waals surface area contributed by atoms with Crippen LogP contribution in [0.5, 0.6) is 11.5 Å². The Morgan fingerprint density at radius 1 is 1.38 bits per heavy atom. The van der Waals surface area contributed by atoms with Crippen LogP contribution in [0.2, 0.25) is 0 Å². The first-order valence-corrected chi connectivity index (χ1v) is 4.25. The second-order valence-electron chi connectivity index (χ2n) is 2.77. The minimum Gasteiger partial charge on any atom is -0.496 e. The van der Waals surface area contributed by atoms with Crippen molar-refractivity contribution >= 4 is 0 Å². The van der Waals surface area contributed by atoms with Crippen LogP contribution in [-0.4, -0.2) is 20.3 Å². The number of methoxy groups -OCH3 is 1. The summed E-state index contributed by atoms with van der Waals surface area (Å²) in [7, 11) is 1.66. The zero-order chi connectivity index (χ0) is 9.68. The third-order valence-electron chi connectivity index (χ3n) is 1.75. The SMILES string of the molecule is COc1ccc(OCCN)cc1C. The standard InChI is InChI=1S/C10H15NO2/c1-8-7-9(13-6-5-11)3-4-10(8)12-2/h3-4,7H,5-6,11H2,1-2H3. The molecule has 0 heterocycles. The van der Waals surface area contributed by atoms with Gasteiger partial charge in [0.15, 0.2) is 0 Å². The predicted molar refractivity (Wildman–Crippen MR) is 52.3 cm³/mol. The molecule has 3 heteroatoms. The number of hydrogen-bond donors (Lipinski definition) is 1. The molecule has 0 radical (unpaired) electrons. The fraction of sp³-hybridized carbons (Fsp3) is 0.400. The van der Waals surface area contributed by atoms with Crippen molar-refractivity contribution < 1.29 is 9.47 Å². The lowest BCUT2D eigenvalue weighted by atomic mass is 10.2. The van der Waals surface area contributed by atoms with Gasteiger partial charge in [-0.05, 0) is 30.7 Å². The Kier molecular flexibility index (Phi) is 3.58. The van der Waals surface area contributed by atoms with E-state index in [1.165, 1.54) is 0 Å². The normalized spacial score (nSPS) is 9.77. The lowest BCUT2D eigenvalue weighted by molar-refractivity contribution is 0.327. The number of rotatable bonds is 4. The monoisotopic (exact) mass is 181 g/mol. The summed E-state index contributed by atoms with van der Waals surface area (Å²) in [4.78, 5) is 0. The first-order chi connectivity index (χ1) is 6.27. The van der Waals surface area contributed by atoms with Gasteiger partial charge in [0.05, 0.1) is 7.11 Å². The van der Waals surface area contributed by atoms with Crippen molar-refractivity contribution in [2.45, 2.75) is 6.92 Å². The van der Waals surface area contributed by atoms with Gasteiger partial charge in [-0.1, -0.05) is 0 Å². The molecule has 0 fully saturated rings. The highest BCUT2D eigenvalue weighted by atomic mass is 16.5. The fourth-order valence-corrected chi connectivity index (χ4v) is 1.12. The maximum atomic E-state index is 5.35. The summed E-state index contributed by atoms with van der Waals surface area (Å²) in [5.41, 5.74) is 6.39. The Balaban J connectivity index is 2.71. The Morgan fingerprint density at radius 3 is 2.69 bits per heavy atom.